The van der Waals surface area contributed by atoms with E-state index < -0.39 is 18.0 Å². The van der Waals surface area contributed by atoms with Crippen LogP contribution in [0.2, 0.25) is 0 Å². The lowest BCUT2D eigenvalue weighted by molar-refractivity contribution is -0.165. The number of hydrogen-bond donors (Lipinski definition) is 2. The second-order valence-electron chi connectivity index (χ2n) is 15.1. The van der Waals surface area contributed by atoms with E-state index in [1.807, 2.05) is 13.8 Å². The Labute approximate surface area is 225 Å². The van der Waals surface area contributed by atoms with Crippen LogP contribution in [0.5, 0.6) is 0 Å². The summed E-state index contributed by atoms with van der Waals surface area (Å²) in [5.41, 5.74) is 0.105. The molecule has 5 fully saturated rings. The predicted octanol–water partition coefficient (Wildman–Crippen LogP) is 5.99. The fraction of sp³-hybridized carbons (Fsp3) is 0.969. The third-order valence-corrected chi connectivity index (χ3v) is 12.7. The molecule has 5 rings (SSSR count). The molecule has 5 aliphatic rings. The molecule has 0 aromatic rings. The number of carbonyl (C=O) groups excluding carboxylic acids is 1. The molecule has 2 N–H and O–H groups in total. The summed E-state index contributed by atoms with van der Waals surface area (Å²) < 4.78 is 12.6. The van der Waals surface area contributed by atoms with Gasteiger partial charge < -0.3 is 19.7 Å². The molecule has 212 valence electrons. The molecule has 0 unspecified atom stereocenters. The number of ether oxygens (including phenoxy) is 2. The van der Waals surface area contributed by atoms with E-state index in [4.69, 9.17) is 9.47 Å². The van der Waals surface area contributed by atoms with E-state index in [9.17, 15) is 15.0 Å². The lowest BCUT2D eigenvalue weighted by Crippen LogP contribution is -2.59. The van der Waals surface area contributed by atoms with Gasteiger partial charge in [0, 0.05) is 12.3 Å². The summed E-state index contributed by atoms with van der Waals surface area (Å²) in [6, 6.07) is 0. The summed E-state index contributed by atoms with van der Waals surface area (Å²) in [5, 5.41) is 22.5. The van der Waals surface area contributed by atoms with Gasteiger partial charge in [0.15, 0.2) is 5.79 Å². The first kappa shape index (κ1) is 28.1. The van der Waals surface area contributed by atoms with Crippen molar-refractivity contribution in [3.05, 3.63) is 0 Å². The molecule has 5 nitrogen and oxygen atoms in total. The van der Waals surface area contributed by atoms with Crippen LogP contribution in [-0.2, 0) is 14.3 Å². The van der Waals surface area contributed by atoms with E-state index in [0.29, 0.717) is 41.8 Å². The number of ketones is 1. The molecule has 1 heterocycles. The first-order valence-corrected chi connectivity index (χ1v) is 15.5. The average Bonchev–Trinajstić information content (AvgIpc) is 3.31. The Morgan fingerprint density at radius 3 is 2.22 bits per heavy atom. The van der Waals surface area contributed by atoms with Crippen molar-refractivity contribution in [2.75, 3.05) is 0 Å². The molecule has 13 atom stereocenters. The van der Waals surface area contributed by atoms with Gasteiger partial charge >= 0.3 is 0 Å². The van der Waals surface area contributed by atoms with Crippen molar-refractivity contribution >= 4 is 5.78 Å². The van der Waals surface area contributed by atoms with Gasteiger partial charge in [0.1, 0.15) is 5.78 Å². The first-order chi connectivity index (χ1) is 17.2. The van der Waals surface area contributed by atoms with Crippen molar-refractivity contribution in [1.82, 2.24) is 0 Å². The SMILES string of the molecule is CC[C@@H](C(C)C)[C@@H](O)[C@H](O)[C@@H](C)[C@H]1CC[C@H]2[C@@H]3CC(=O)[C@H]4C[C@@H]5OC(C)(C)O[C@@H]5C[C@]4(C)[C@H]3CC[C@]12C. The Hall–Kier alpha value is -0.490. The highest BCUT2D eigenvalue weighted by molar-refractivity contribution is 5.83. The molecule has 0 aromatic carbocycles. The van der Waals surface area contributed by atoms with Gasteiger partial charge in [0.05, 0.1) is 24.4 Å². The number of fused-ring (bicyclic) bond motifs is 6. The minimum Gasteiger partial charge on any atom is -0.390 e. The number of aliphatic hydroxyl groups is 2. The van der Waals surface area contributed by atoms with Crippen molar-refractivity contribution in [1.29, 1.82) is 0 Å². The lowest BCUT2D eigenvalue weighted by Gasteiger charge is -2.61. The number of hydrogen-bond acceptors (Lipinski definition) is 5. The Morgan fingerprint density at radius 1 is 0.919 bits per heavy atom. The minimum absolute atomic E-state index is 0.0166. The molecule has 0 spiro atoms. The molecule has 0 aromatic heterocycles. The van der Waals surface area contributed by atoms with Crippen molar-refractivity contribution in [2.24, 2.45) is 58.2 Å². The molecule has 0 radical (unpaired) electrons. The molecule has 0 bridgehead atoms. The number of aliphatic hydroxyl groups excluding tert-OH is 2. The molecule has 1 saturated heterocycles. The quantitative estimate of drug-likeness (QED) is 0.451. The van der Waals surface area contributed by atoms with E-state index >= 15 is 0 Å². The van der Waals surface area contributed by atoms with Crippen LogP contribution in [0, 0.1) is 58.2 Å². The van der Waals surface area contributed by atoms with Crippen molar-refractivity contribution in [3.8, 4) is 0 Å². The van der Waals surface area contributed by atoms with Crippen LogP contribution >= 0.6 is 0 Å². The molecule has 4 aliphatic carbocycles. The Balaban J connectivity index is 1.36. The monoisotopic (exact) mass is 518 g/mol. The highest BCUT2D eigenvalue weighted by atomic mass is 16.7. The van der Waals surface area contributed by atoms with Crippen LogP contribution in [0.4, 0.5) is 0 Å². The normalized spacial score (nSPS) is 48.0. The Morgan fingerprint density at radius 2 is 1.57 bits per heavy atom. The van der Waals surface area contributed by atoms with Gasteiger partial charge in [-0.15, -0.1) is 0 Å². The molecule has 4 saturated carbocycles. The molecule has 5 heteroatoms. The van der Waals surface area contributed by atoms with Crippen LogP contribution in [0.25, 0.3) is 0 Å². The molecule has 37 heavy (non-hydrogen) atoms. The van der Waals surface area contributed by atoms with Gasteiger partial charge in [0.2, 0.25) is 0 Å². The van der Waals surface area contributed by atoms with Gasteiger partial charge in [-0.2, -0.15) is 0 Å². The number of carbonyl (C=O) groups is 1. The standard InChI is InChI=1S/C32H54O5/c1-9-19(17(2)3)29(35)28(34)18(4)21-10-11-22-20-14-25(33)24-15-26-27(37-30(5,6)36-26)16-32(24,8)23(20)12-13-31(21,22)7/h17-24,26-29,34-35H,9-16H2,1-8H3/t18-,19-,20-,21+,22-,23-,24+,26-,27+,28+,29+,31+,32+/m0/s1. The highest BCUT2D eigenvalue weighted by Gasteiger charge is 2.65. The zero-order chi connectivity index (χ0) is 27.1. The molecular weight excluding hydrogens is 464 g/mol. The van der Waals surface area contributed by atoms with Crippen LogP contribution in [0.3, 0.4) is 0 Å². The van der Waals surface area contributed by atoms with Crippen LogP contribution in [0.1, 0.15) is 107 Å². The second kappa shape index (κ2) is 9.56. The third-order valence-electron chi connectivity index (χ3n) is 12.7. The fourth-order valence-corrected chi connectivity index (χ4v) is 10.8. The zero-order valence-corrected chi connectivity index (χ0v) is 24.7. The van der Waals surface area contributed by atoms with Crippen molar-refractivity contribution in [2.45, 2.75) is 137 Å². The summed E-state index contributed by atoms with van der Waals surface area (Å²) in [4.78, 5) is 13.7. The van der Waals surface area contributed by atoms with Crippen molar-refractivity contribution < 1.29 is 24.5 Å². The maximum absolute atomic E-state index is 13.7. The van der Waals surface area contributed by atoms with Gasteiger partial charge in [-0.1, -0.05) is 48.0 Å². The van der Waals surface area contributed by atoms with Gasteiger partial charge in [-0.05, 0) is 105 Å². The highest BCUT2D eigenvalue weighted by Crippen LogP contribution is 2.68. The van der Waals surface area contributed by atoms with Gasteiger partial charge in [0.25, 0.3) is 0 Å². The molecule has 0 amide bonds. The van der Waals surface area contributed by atoms with E-state index in [-0.39, 0.29) is 40.8 Å². The van der Waals surface area contributed by atoms with Crippen LogP contribution < -0.4 is 0 Å². The predicted molar refractivity (Wildman–Crippen MR) is 145 cm³/mol. The fourth-order valence-electron chi connectivity index (χ4n) is 10.8. The van der Waals surface area contributed by atoms with Crippen LogP contribution in [0.15, 0.2) is 0 Å². The van der Waals surface area contributed by atoms with Gasteiger partial charge in [-0.25, -0.2) is 0 Å². The largest absolute Gasteiger partial charge is 0.390 e. The summed E-state index contributed by atoms with van der Waals surface area (Å²) in [6.07, 6.45) is 6.66. The van der Waals surface area contributed by atoms with Gasteiger partial charge in [-0.3, -0.25) is 4.79 Å². The Bertz CT molecular complexity index is 869. The summed E-state index contributed by atoms with van der Waals surface area (Å²) >= 11 is 0. The van der Waals surface area contributed by atoms with Crippen LogP contribution in [-0.4, -0.2) is 46.2 Å². The van der Waals surface area contributed by atoms with E-state index in [1.54, 1.807) is 0 Å². The number of Topliss-reactive ketones (excluding diaryl/α,β-unsaturated/α-hetero) is 1. The Kier molecular flexibility index (Phi) is 7.25. The summed E-state index contributed by atoms with van der Waals surface area (Å²) in [6.45, 7) is 17.4. The topological polar surface area (TPSA) is 76.0 Å². The van der Waals surface area contributed by atoms with E-state index in [2.05, 4.69) is 41.5 Å². The first-order valence-electron chi connectivity index (χ1n) is 15.5. The van der Waals surface area contributed by atoms with E-state index in [1.165, 1.54) is 0 Å². The number of rotatable bonds is 6. The second-order valence-corrected chi connectivity index (χ2v) is 15.1. The minimum atomic E-state index is -0.696. The van der Waals surface area contributed by atoms with E-state index in [0.717, 1.165) is 44.9 Å². The maximum Gasteiger partial charge on any atom is 0.163 e. The summed E-state index contributed by atoms with van der Waals surface area (Å²) in [7, 11) is 0. The lowest BCUT2D eigenvalue weighted by atomic mass is 9.44. The molecule has 1 aliphatic heterocycles. The maximum atomic E-state index is 13.7. The molecular formula is C32H54O5. The third kappa shape index (κ3) is 4.37. The van der Waals surface area contributed by atoms with Crippen molar-refractivity contribution in [3.63, 3.8) is 0 Å². The summed E-state index contributed by atoms with van der Waals surface area (Å²) in [5.74, 6) is 2.39. The zero-order valence-electron chi connectivity index (χ0n) is 24.7. The smallest absolute Gasteiger partial charge is 0.163 e. The average molecular weight is 519 g/mol.